The van der Waals surface area contributed by atoms with Gasteiger partial charge < -0.3 is 5.32 Å². The van der Waals surface area contributed by atoms with Gasteiger partial charge in [-0.1, -0.05) is 49.4 Å². The van der Waals surface area contributed by atoms with Crippen LogP contribution in [0.2, 0.25) is 0 Å². The average molecular weight is 256 g/mol. The second-order valence-corrected chi connectivity index (χ2v) is 4.29. The Hall–Kier alpha value is -2.36. The standard InChI is InChI=1S/C15H16N2O2/c1-2-13(12-8-4-3-5-9-12)16-14-10-6-7-11-15(14)17(18)19/h3-11,13,16H,2H2,1H3. The molecule has 0 amide bonds. The molecule has 1 unspecified atom stereocenters. The molecule has 0 aliphatic carbocycles. The van der Waals surface area contributed by atoms with Gasteiger partial charge in [0.25, 0.3) is 5.69 Å². The lowest BCUT2D eigenvalue weighted by atomic mass is 10.0. The molecule has 0 saturated carbocycles. The first-order chi connectivity index (χ1) is 9.22. The van der Waals surface area contributed by atoms with Gasteiger partial charge in [-0.25, -0.2) is 0 Å². The van der Waals surface area contributed by atoms with E-state index in [1.165, 1.54) is 6.07 Å². The molecule has 98 valence electrons. The molecule has 2 rings (SSSR count). The molecule has 0 bridgehead atoms. The summed E-state index contributed by atoms with van der Waals surface area (Å²) >= 11 is 0. The van der Waals surface area contributed by atoms with E-state index in [9.17, 15) is 10.1 Å². The first kappa shape index (κ1) is 13.1. The zero-order valence-electron chi connectivity index (χ0n) is 10.7. The van der Waals surface area contributed by atoms with Crippen LogP contribution in [-0.2, 0) is 0 Å². The molecule has 1 atom stereocenters. The van der Waals surface area contributed by atoms with Gasteiger partial charge in [-0.2, -0.15) is 0 Å². The van der Waals surface area contributed by atoms with Crippen LogP contribution in [0.25, 0.3) is 0 Å². The number of nitrogens with zero attached hydrogens (tertiary/aromatic N) is 1. The Morgan fingerprint density at radius 2 is 1.74 bits per heavy atom. The fraction of sp³-hybridized carbons (Fsp3) is 0.200. The zero-order chi connectivity index (χ0) is 13.7. The third-order valence-electron chi connectivity index (χ3n) is 3.04. The summed E-state index contributed by atoms with van der Waals surface area (Å²) in [5.41, 5.74) is 1.79. The van der Waals surface area contributed by atoms with Gasteiger partial charge in [-0.3, -0.25) is 10.1 Å². The number of benzene rings is 2. The quantitative estimate of drug-likeness (QED) is 0.645. The molecule has 0 saturated heterocycles. The molecule has 0 radical (unpaired) electrons. The van der Waals surface area contributed by atoms with E-state index < -0.39 is 0 Å². The van der Waals surface area contributed by atoms with Crippen LogP contribution in [0.5, 0.6) is 0 Å². The maximum atomic E-state index is 11.0. The maximum Gasteiger partial charge on any atom is 0.292 e. The van der Waals surface area contributed by atoms with Gasteiger partial charge >= 0.3 is 0 Å². The molecule has 19 heavy (non-hydrogen) atoms. The fourth-order valence-corrected chi connectivity index (χ4v) is 2.05. The molecule has 4 heteroatoms. The lowest BCUT2D eigenvalue weighted by Gasteiger charge is -2.18. The van der Waals surface area contributed by atoms with Crippen LogP contribution in [0.3, 0.4) is 0 Å². The van der Waals surface area contributed by atoms with Crippen molar-refractivity contribution in [1.29, 1.82) is 0 Å². The van der Waals surface area contributed by atoms with Crippen molar-refractivity contribution in [3.05, 3.63) is 70.3 Å². The summed E-state index contributed by atoms with van der Waals surface area (Å²) in [5, 5.41) is 14.2. The van der Waals surface area contributed by atoms with Crippen molar-refractivity contribution >= 4 is 11.4 Å². The number of nitro benzene ring substituents is 1. The fourth-order valence-electron chi connectivity index (χ4n) is 2.05. The highest BCUT2D eigenvalue weighted by atomic mass is 16.6. The molecule has 1 N–H and O–H groups in total. The molecule has 0 aliphatic heterocycles. The van der Waals surface area contributed by atoms with E-state index in [0.717, 1.165) is 12.0 Å². The van der Waals surface area contributed by atoms with Crippen molar-refractivity contribution in [3.8, 4) is 0 Å². The molecule has 0 heterocycles. The van der Waals surface area contributed by atoms with Gasteiger partial charge in [-0.05, 0) is 18.1 Å². The first-order valence-corrected chi connectivity index (χ1v) is 6.27. The molecular weight excluding hydrogens is 240 g/mol. The largest absolute Gasteiger partial charge is 0.373 e. The Bertz CT molecular complexity index is 555. The van der Waals surface area contributed by atoms with Crippen molar-refractivity contribution in [1.82, 2.24) is 0 Å². The van der Waals surface area contributed by atoms with Crippen LogP contribution in [0.1, 0.15) is 24.9 Å². The minimum atomic E-state index is -0.361. The Kier molecular flexibility index (Phi) is 4.13. The summed E-state index contributed by atoms with van der Waals surface area (Å²) in [6.45, 7) is 2.06. The van der Waals surface area contributed by atoms with Crippen LogP contribution < -0.4 is 5.32 Å². The Morgan fingerprint density at radius 3 is 2.37 bits per heavy atom. The molecule has 0 spiro atoms. The van der Waals surface area contributed by atoms with E-state index in [1.54, 1.807) is 18.2 Å². The summed E-state index contributed by atoms with van der Waals surface area (Å²) in [6, 6.07) is 16.7. The highest BCUT2D eigenvalue weighted by molar-refractivity contribution is 5.62. The summed E-state index contributed by atoms with van der Waals surface area (Å²) in [5.74, 6) is 0. The Morgan fingerprint density at radius 1 is 1.11 bits per heavy atom. The van der Waals surface area contributed by atoms with Crippen molar-refractivity contribution < 1.29 is 4.92 Å². The van der Waals surface area contributed by atoms with E-state index in [-0.39, 0.29) is 16.7 Å². The van der Waals surface area contributed by atoms with E-state index in [1.807, 2.05) is 30.3 Å². The maximum absolute atomic E-state index is 11.0. The third kappa shape index (κ3) is 3.10. The molecule has 0 aromatic heterocycles. The highest BCUT2D eigenvalue weighted by Crippen LogP contribution is 2.29. The van der Waals surface area contributed by atoms with Crippen molar-refractivity contribution in [2.24, 2.45) is 0 Å². The van der Waals surface area contributed by atoms with Gasteiger partial charge in [0, 0.05) is 6.07 Å². The SMILES string of the molecule is CCC(Nc1ccccc1[N+](=O)[O-])c1ccccc1. The summed E-state index contributed by atoms with van der Waals surface area (Å²) in [6.07, 6.45) is 0.857. The van der Waals surface area contributed by atoms with Gasteiger partial charge in [0.1, 0.15) is 5.69 Å². The smallest absolute Gasteiger partial charge is 0.292 e. The van der Waals surface area contributed by atoms with Crippen molar-refractivity contribution in [2.45, 2.75) is 19.4 Å². The van der Waals surface area contributed by atoms with E-state index in [4.69, 9.17) is 0 Å². The van der Waals surface area contributed by atoms with Crippen LogP contribution in [0.15, 0.2) is 54.6 Å². The third-order valence-corrected chi connectivity index (χ3v) is 3.04. The molecular formula is C15H16N2O2. The van der Waals surface area contributed by atoms with Gasteiger partial charge in [0.05, 0.1) is 11.0 Å². The second kappa shape index (κ2) is 6.00. The van der Waals surface area contributed by atoms with Gasteiger partial charge in [0.2, 0.25) is 0 Å². The summed E-state index contributed by atoms with van der Waals surface area (Å²) in [4.78, 5) is 10.6. The average Bonchev–Trinajstić information content (AvgIpc) is 2.46. The molecule has 0 fully saturated rings. The monoisotopic (exact) mass is 256 g/mol. The van der Waals surface area contributed by atoms with Crippen LogP contribution >= 0.6 is 0 Å². The molecule has 2 aromatic rings. The van der Waals surface area contributed by atoms with Crippen LogP contribution in [-0.4, -0.2) is 4.92 Å². The van der Waals surface area contributed by atoms with Gasteiger partial charge in [0.15, 0.2) is 0 Å². The number of nitro groups is 1. The number of nitrogens with one attached hydrogen (secondary N) is 1. The first-order valence-electron chi connectivity index (χ1n) is 6.27. The number of anilines is 1. The lowest BCUT2D eigenvalue weighted by molar-refractivity contribution is -0.384. The van der Waals surface area contributed by atoms with Crippen LogP contribution in [0.4, 0.5) is 11.4 Å². The topological polar surface area (TPSA) is 55.2 Å². The molecule has 4 nitrogen and oxygen atoms in total. The van der Waals surface area contributed by atoms with E-state index >= 15 is 0 Å². The van der Waals surface area contributed by atoms with Gasteiger partial charge in [-0.15, -0.1) is 0 Å². The van der Waals surface area contributed by atoms with E-state index in [0.29, 0.717) is 5.69 Å². The molecule has 0 aliphatic rings. The minimum Gasteiger partial charge on any atom is -0.373 e. The highest BCUT2D eigenvalue weighted by Gasteiger charge is 2.16. The van der Waals surface area contributed by atoms with E-state index in [2.05, 4.69) is 12.2 Å². The molecule has 2 aromatic carbocycles. The predicted molar refractivity (Wildman–Crippen MR) is 76.2 cm³/mol. The second-order valence-electron chi connectivity index (χ2n) is 4.29. The van der Waals surface area contributed by atoms with Crippen LogP contribution in [0, 0.1) is 10.1 Å². The number of rotatable bonds is 5. The normalized spacial score (nSPS) is 11.8. The minimum absolute atomic E-state index is 0.0716. The summed E-state index contributed by atoms with van der Waals surface area (Å²) in [7, 11) is 0. The van der Waals surface area contributed by atoms with Crippen molar-refractivity contribution in [2.75, 3.05) is 5.32 Å². The lowest BCUT2D eigenvalue weighted by Crippen LogP contribution is -2.10. The Balaban J connectivity index is 2.27. The van der Waals surface area contributed by atoms with Crippen molar-refractivity contribution in [3.63, 3.8) is 0 Å². The predicted octanol–water partition coefficient (Wildman–Crippen LogP) is 4.16. The number of hydrogen-bond donors (Lipinski definition) is 1. The Labute approximate surface area is 112 Å². The summed E-state index contributed by atoms with van der Waals surface area (Å²) < 4.78 is 0. The number of para-hydroxylation sites is 2. The number of hydrogen-bond acceptors (Lipinski definition) is 3. The zero-order valence-corrected chi connectivity index (χ0v) is 10.7.